The van der Waals surface area contributed by atoms with Crippen LogP contribution in [0.5, 0.6) is 0 Å². The van der Waals surface area contributed by atoms with Gasteiger partial charge in [-0.1, -0.05) is 0 Å². The third-order valence-electron chi connectivity index (χ3n) is 5.92. The Hall–Kier alpha value is -1.26. The van der Waals surface area contributed by atoms with E-state index in [9.17, 15) is 14.7 Å². The molecule has 3 rings (SSSR count). The van der Waals surface area contributed by atoms with Gasteiger partial charge in [0.2, 0.25) is 0 Å². The summed E-state index contributed by atoms with van der Waals surface area (Å²) in [6, 6.07) is 0.587. The van der Waals surface area contributed by atoms with Crippen LogP contribution in [0.4, 0.5) is 4.79 Å². The molecule has 3 fully saturated rings. The Morgan fingerprint density at radius 1 is 1.14 bits per heavy atom. The van der Waals surface area contributed by atoms with Crippen molar-refractivity contribution >= 4 is 12.0 Å². The van der Waals surface area contributed by atoms with Crippen LogP contribution in [0.1, 0.15) is 46.0 Å². The van der Waals surface area contributed by atoms with Crippen molar-refractivity contribution in [3.05, 3.63) is 0 Å². The monoisotopic (exact) mass is 294 g/mol. The molecule has 3 unspecified atom stereocenters. The predicted molar refractivity (Wildman–Crippen MR) is 78.9 cm³/mol. The van der Waals surface area contributed by atoms with E-state index in [1.807, 2.05) is 9.80 Å². The molecule has 0 spiro atoms. The number of aliphatic carboxylic acids is 1. The second-order valence-electron chi connectivity index (χ2n) is 7.58. The lowest BCUT2D eigenvalue weighted by Gasteiger charge is -2.41. The Balaban J connectivity index is 1.66. The maximum Gasteiger partial charge on any atom is 0.320 e. The standard InChI is InChI=1S/C16H26N2O3/c1-16(2,14(19)20)12-4-3-7-17(10-12)15(21)18-9-11-5-6-13(18)8-11/h11-13H,3-10H2,1-2H3,(H,19,20). The predicted octanol–water partition coefficient (Wildman–Crippen LogP) is 2.41. The van der Waals surface area contributed by atoms with Crippen molar-refractivity contribution in [2.45, 2.75) is 52.0 Å². The van der Waals surface area contributed by atoms with Crippen molar-refractivity contribution in [2.75, 3.05) is 19.6 Å². The molecule has 2 heterocycles. The molecule has 0 aromatic rings. The van der Waals surface area contributed by atoms with Gasteiger partial charge in [0.1, 0.15) is 0 Å². The van der Waals surface area contributed by atoms with Gasteiger partial charge in [-0.2, -0.15) is 0 Å². The summed E-state index contributed by atoms with van der Waals surface area (Å²) >= 11 is 0. The van der Waals surface area contributed by atoms with E-state index in [-0.39, 0.29) is 11.9 Å². The summed E-state index contributed by atoms with van der Waals surface area (Å²) in [7, 11) is 0. The molecular formula is C16H26N2O3. The number of carbonyl (C=O) groups excluding carboxylic acids is 1. The number of carbonyl (C=O) groups is 2. The van der Waals surface area contributed by atoms with Gasteiger partial charge in [0, 0.05) is 25.7 Å². The quantitative estimate of drug-likeness (QED) is 0.851. The molecule has 3 aliphatic rings. The third kappa shape index (κ3) is 2.51. The van der Waals surface area contributed by atoms with Crippen LogP contribution >= 0.6 is 0 Å². The summed E-state index contributed by atoms with van der Waals surface area (Å²) in [5, 5.41) is 9.40. The zero-order valence-electron chi connectivity index (χ0n) is 13.0. The minimum atomic E-state index is -0.762. The van der Waals surface area contributed by atoms with Gasteiger partial charge in [-0.25, -0.2) is 4.79 Å². The Labute approximate surface area is 126 Å². The highest BCUT2D eigenvalue weighted by Crippen LogP contribution is 2.39. The molecule has 2 amide bonds. The van der Waals surface area contributed by atoms with E-state index < -0.39 is 11.4 Å². The van der Waals surface area contributed by atoms with Gasteiger partial charge < -0.3 is 14.9 Å². The molecule has 0 radical (unpaired) electrons. The average molecular weight is 294 g/mol. The lowest BCUT2D eigenvalue weighted by Crippen LogP contribution is -2.52. The zero-order chi connectivity index (χ0) is 15.2. The lowest BCUT2D eigenvalue weighted by molar-refractivity contribution is -0.151. The fourth-order valence-electron chi connectivity index (χ4n) is 4.26. The van der Waals surface area contributed by atoms with Crippen LogP contribution in [-0.4, -0.2) is 52.6 Å². The summed E-state index contributed by atoms with van der Waals surface area (Å²) in [6.45, 7) is 5.84. The number of hydrogen-bond acceptors (Lipinski definition) is 2. The highest BCUT2D eigenvalue weighted by Gasteiger charge is 2.44. The van der Waals surface area contributed by atoms with Crippen molar-refractivity contribution in [3.63, 3.8) is 0 Å². The van der Waals surface area contributed by atoms with E-state index in [1.54, 1.807) is 13.8 Å². The molecule has 2 saturated heterocycles. The minimum absolute atomic E-state index is 0.0486. The second kappa shape index (κ2) is 5.18. The van der Waals surface area contributed by atoms with E-state index in [0.717, 1.165) is 32.4 Å². The topological polar surface area (TPSA) is 60.9 Å². The molecule has 1 saturated carbocycles. The first kappa shape index (κ1) is 14.7. The van der Waals surface area contributed by atoms with Gasteiger partial charge in [-0.3, -0.25) is 4.79 Å². The largest absolute Gasteiger partial charge is 0.481 e. The van der Waals surface area contributed by atoms with E-state index >= 15 is 0 Å². The summed E-state index contributed by atoms with van der Waals surface area (Å²) in [5.41, 5.74) is -0.761. The van der Waals surface area contributed by atoms with Gasteiger partial charge in [-0.15, -0.1) is 0 Å². The number of piperidine rings is 2. The molecule has 0 aromatic carbocycles. The number of carboxylic acid groups (broad SMARTS) is 1. The highest BCUT2D eigenvalue weighted by atomic mass is 16.4. The van der Waals surface area contributed by atoms with E-state index in [4.69, 9.17) is 0 Å². The molecule has 1 N–H and O–H groups in total. The second-order valence-corrected chi connectivity index (χ2v) is 7.58. The molecular weight excluding hydrogens is 268 g/mol. The maximum atomic E-state index is 12.7. The third-order valence-corrected chi connectivity index (χ3v) is 5.92. The summed E-state index contributed by atoms with van der Waals surface area (Å²) in [5.74, 6) is -0.00971. The fourth-order valence-corrected chi connectivity index (χ4v) is 4.26. The number of amides is 2. The van der Waals surface area contributed by atoms with Crippen molar-refractivity contribution in [3.8, 4) is 0 Å². The van der Waals surface area contributed by atoms with Crippen molar-refractivity contribution in [1.29, 1.82) is 0 Å². The number of nitrogens with zero attached hydrogens (tertiary/aromatic N) is 2. The van der Waals surface area contributed by atoms with Gasteiger partial charge >= 0.3 is 12.0 Å². The van der Waals surface area contributed by atoms with Crippen molar-refractivity contribution < 1.29 is 14.7 Å². The Kier molecular flexibility index (Phi) is 3.62. The SMILES string of the molecule is CC(C)(C(=O)O)C1CCCN(C(=O)N2CC3CCC2C3)C1. The van der Waals surface area contributed by atoms with Crippen LogP contribution in [0, 0.1) is 17.3 Å². The lowest BCUT2D eigenvalue weighted by atomic mass is 9.74. The van der Waals surface area contributed by atoms with E-state index in [2.05, 4.69) is 0 Å². The molecule has 5 nitrogen and oxygen atoms in total. The molecule has 5 heteroatoms. The first-order valence-electron chi connectivity index (χ1n) is 8.18. The maximum absolute atomic E-state index is 12.7. The van der Waals surface area contributed by atoms with Gasteiger partial charge in [0.25, 0.3) is 0 Å². The van der Waals surface area contributed by atoms with Crippen molar-refractivity contribution in [1.82, 2.24) is 9.80 Å². The molecule has 0 aromatic heterocycles. The van der Waals surface area contributed by atoms with Crippen LogP contribution in [-0.2, 0) is 4.79 Å². The average Bonchev–Trinajstić information content (AvgIpc) is 3.09. The minimum Gasteiger partial charge on any atom is -0.481 e. The molecule has 1 aliphatic carbocycles. The Morgan fingerprint density at radius 3 is 2.48 bits per heavy atom. The summed E-state index contributed by atoms with van der Waals surface area (Å²) < 4.78 is 0. The van der Waals surface area contributed by atoms with Crippen LogP contribution in [0.2, 0.25) is 0 Å². The number of hydrogen-bond donors (Lipinski definition) is 1. The van der Waals surface area contributed by atoms with Crippen LogP contribution in [0.25, 0.3) is 0 Å². The Bertz CT molecular complexity index is 449. The fraction of sp³-hybridized carbons (Fsp3) is 0.875. The first-order chi connectivity index (χ1) is 9.89. The molecule has 3 atom stereocenters. The normalized spacial score (nSPS) is 32.6. The zero-order valence-corrected chi connectivity index (χ0v) is 13.0. The van der Waals surface area contributed by atoms with Crippen LogP contribution < -0.4 is 0 Å². The molecule has 21 heavy (non-hydrogen) atoms. The number of carboxylic acids is 1. The number of fused-ring (bicyclic) bond motifs is 2. The van der Waals surface area contributed by atoms with Crippen LogP contribution in [0.3, 0.4) is 0 Å². The summed E-state index contributed by atoms with van der Waals surface area (Å²) in [6.07, 6.45) is 5.39. The number of rotatable bonds is 2. The molecule has 2 aliphatic heterocycles. The molecule has 2 bridgehead atoms. The van der Waals surface area contributed by atoms with Crippen molar-refractivity contribution in [2.24, 2.45) is 17.3 Å². The van der Waals surface area contributed by atoms with Gasteiger partial charge in [0.15, 0.2) is 0 Å². The Morgan fingerprint density at radius 2 is 1.90 bits per heavy atom. The van der Waals surface area contributed by atoms with E-state index in [1.165, 1.54) is 12.8 Å². The van der Waals surface area contributed by atoms with Gasteiger partial charge in [0.05, 0.1) is 5.41 Å². The number of urea groups is 1. The van der Waals surface area contributed by atoms with E-state index in [0.29, 0.717) is 18.5 Å². The van der Waals surface area contributed by atoms with Crippen LogP contribution in [0.15, 0.2) is 0 Å². The summed E-state index contributed by atoms with van der Waals surface area (Å²) in [4.78, 5) is 28.1. The first-order valence-corrected chi connectivity index (χ1v) is 8.18. The molecule has 118 valence electrons. The highest BCUT2D eigenvalue weighted by molar-refractivity contribution is 5.76. The van der Waals surface area contributed by atoms with Gasteiger partial charge in [-0.05, 0) is 57.8 Å². The smallest absolute Gasteiger partial charge is 0.320 e. The number of likely N-dealkylation sites (tertiary alicyclic amines) is 2.